The number of rotatable bonds is 6. The van der Waals surface area contributed by atoms with Crippen molar-refractivity contribution in [1.29, 1.82) is 0 Å². The summed E-state index contributed by atoms with van der Waals surface area (Å²) in [5, 5.41) is 9.30. The van der Waals surface area contributed by atoms with E-state index < -0.39 is 0 Å². The molecule has 0 spiro atoms. The van der Waals surface area contributed by atoms with E-state index in [4.69, 9.17) is 0 Å². The quantitative estimate of drug-likeness (QED) is 0.527. The van der Waals surface area contributed by atoms with Crippen molar-refractivity contribution in [1.82, 2.24) is 4.90 Å². The summed E-state index contributed by atoms with van der Waals surface area (Å²) >= 11 is 1.53. The largest absolute Gasteiger partial charge is 0.284 e. The van der Waals surface area contributed by atoms with Crippen molar-refractivity contribution >= 4 is 29.1 Å². The molecule has 27 heavy (non-hydrogen) atoms. The van der Waals surface area contributed by atoms with Crippen LogP contribution in [0.3, 0.4) is 0 Å². The van der Waals surface area contributed by atoms with E-state index in [2.05, 4.69) is 43.1 Å². The average molecular weight is 380 g/mol. The topological polar surface area (TPSA) is 45.0 Å². The number of amides is 1. The van der Waals surface area contributed by atoms with Gasteiger partial charge in [0.25, 0.3) is 0 Å². The molecule has 0 saturated carbocycles. The lowest BCUT2D eigenvalue weighted by molar-refractivity contribution is -0.126. The SMILES string of the molecule is CCCC1S/C(=N\N=C\c2ccc(C)cc2C)N(Cc2ccccc2)C1=O. The Morgan fingerprint density at radius 1 is 1.15 bits per heavy atom. The van der Waals surface area contributed by atoms with Gasteiger partial charge < -0.3 is 0 Å². The van der Waals surface area contributed by atoms with Crippen LogP contribution in [0, 0.1) is 13.8 Å². The first-order valence-corrected chi connectivity index (χ1v) is 10.2. The zero-order chi connectivity index (χ0) is 19.2. The molecule has 3 rings (SSSR count). The number of carbonyl (C=O) groups is 1. The molecule has 140 valence electrons. The van der Waals surface area contributed by atoms with Gasteiger partial charge in [0.1, 0.15) is 0 Å². The zero-order valence-electron chi connectivity index (χ0n) is 16.1. The van der Waals surface area contributed by atoms with Gasteiger partial charge in [-0.15, -0.1) is 5.10 Å². The van der Waals surface area contributed by atoms with Gasteiger partial charge in [-0.25, -0.2) is 0 Å². The van der Waals surface area contributed by atoms with Crippen molar-refractivity contribution in [3.8, 4) is 0 Å². The minimum absolute atomic E-state index is 0.0613. The van der Waals surface area contributed by atoms with E-state index in [0.717, 1.165) is 24.0 Å². The van der Waals surface area contributed by atoms with Crippen LogP contribution in [0.2, 0.25) is 0 Å². The fraction of sp³-hybridized carbons (Fsp3) is 0.318. The van der Waals surface area contributed by atoms with Crippen molar-refractivity contribution in [2.24, 2.45) is 10.2 Å². The van der Waals surface area contributed by atoms with Crippen LogP contribution in [-0.2, 0) is 11.3 Å². The predicted molar refractivity (Wildman–Crippen MR) is 114 cm³/mol. The molecule has 2 aromatic carbocycles. The van der Waals surface area contributed by atoms with E-state index in [1.165, 1.54) is 22.9 Å². The number of nitrogens with zero attached hydrogens (tertiary/aromatic N) is 3. The van der Waals surface area contributed by atoms with Crippen LogP contribution in [0.25, 0.3) is 0 Å². The minimum Gasteiger partial charge on any atom is -0.284 e. The minimum atomic E-state index is -0.0613. The summed E-state index contributed by atoms with van der Waals surface area (Å²) in [6.45, 7) is 6.77. The Morgan fingerprint density at radius 2 is 1.93 bits per heavy atom. The number of benzene rings is 2. The Morgan fingerprint density at radius 3 is 2.63 bits per heavy atom. The lowest BCUT2D eigenvalue weighted by Gasteiger charge is -2.15. The molecule has 0 N–H and O–H groups in total. The molecule has 0 aliphatic carbocycles. The van der Waals surface area contributed by atoms with Crippen molar-refractivity contribution in [3.63, 3.8) is 0 Å². The molecule has 0 aromatic heterocycles. The summed E-state index contributed by atoms with van der Waals surface area (Å²) in [7, 11) is 0. The molecule has 1 unspecified atom stereocenters. The second-order valence-corrected chi connectivity index (χ2v) is 7.96. The molecule has 1 atom stereocenters. The van der Waals surface area contributed by atoms with Gasteiger partial charge in [0.15, 0.2) is 5.17 Å². The summed E-state index contributed by atoms with van der Waals surface area (Å²) in [5.74, 6) is 0.131. The monoisotopic (exact) mass is 379 g/mol. The summed E-state index contributed by atoms with van der Waals surface area (Å²) in [5.41, 5.74) is 4.53. The van der Waals surface area contributed by atoms with Gasteiger partial charge in [-0.05, 0) is 37.0 Å². The van der Waals surface area contributed by atoms with Crippen LogP contribution < -0.4 is 0 Å². The molecule has 1 fully saturated rings. The Bertz CT molecular complexity index is 861. The summed E-state index contributed by atoms with van der Waals surface area (Å²) < 4.78 is 0. The molecule has 1 amide bonds. The summed E-state index contributed by atoms with van der Waals surface area (Å²) in [6, 6.07) is 16.2. The molecular formula is C22H25N3OS. The third kappa shape index (κ3) is 4.86. The molecule has 2 aromatic rings. The third-order valence-corrected chi connectivity index (χ3v) is 5.75. The third-order valence-electron chi connectivity index (χ3n) is 4.52. The number of hydrogen-bond acceptors (Lipinski definition) is 4. The fourth-order valence-electron chi connectivity index (χ4n) is 3.05. The first-order valence-electron chi connectivity index (χ1n) is 9.28. The maximum atomic E-state index is 12.8. The molecule has 4 nitrogen and oxygen atoms in total. The Kier molecular flexibility index (Phi) is 6.45. The molecule has 0 bridgehead atoms. The molecule has 1 heterocycles. The number of amidine groups is 1. The predicted octanol–water partition coefficient (Wildman–Crippen LogP) is 4.94. The highest BCUT2D eigenvalue weighted by molar-refractivity contribution is 8.15. The Balaban J connectivity index is 1.82. The van der Waals surface area contributed by atoms with Crippen molar-refractivity contribution in [2.45, 2.75) is 45.4 Å². The van der Waals surface area contributed by atoms with Gasteiger partial charge in [0.05, 0.1) is 18.0 Å². The van der Waals surface area contributed by atoms with Crippen LogP contribution in [-0.4, -0.2) is 27.4 Å². The highest BCUT2D eigenvalue weighted by Crippen LogP contribution is 2.31. The molecule has 0 radical (unpaired) electrons. The molecule has 1 saturated heterocycles. The maximum Gasteiger partial charge on any atom is 0.242 e. The number of aryl methyl sites for hydroxylation is 2. The van der Waals surface area contributed by atoms with Gasteiger partial charge in [-0.2, -0.15) is 5.10 Å². The summed E-state index contributed by atoms with van der Waals surface area (Å²) in [4.78, 5) is 14.6. The average Bonchev–Trinajstić information content (AvgIpc) is 2.94. The van der Waals surface area contributed by atoms with Crippen molar-refractivity contribution < 1.29 is 4.79 Å². The van der Waals surface area contributed by atoms with Crippen LogP contribution in [0.5, 0.6) is 0 Å². The molecule has 1 aliphatic rings. The van der Waals surface area contributed by atoms with Crippen molar-refractivity contribution in [2.75, 3.05) is 0 Å². The smallest absolute Gasteiger partial charge is 0.242 e. The second-order valence-electron chi connectivity index (χ2n) is 6.79. The van der Waals surface area contributed by atoms with Gasteiger partial charge >= 0.3 is 0 Å². The zero-order valence-corrected chi connectivity index (χ0v) is 16.9. The number of hydrogen-bond donors (Lipinski definition) is 0. The highest BCUT2D eigenvalue weighted by Gasteiger charge is 2.37. The van der Waals surface area contributed by atoms with E-state index in [0.29, 0.717) is 11.7 Å². The van der Waals surface area contributed by atoms with Gasteiger partial charge in [-0.3, -0.25) is 9.69 Å². The van der Waals surface area contributed by atoms with E-state index in [1.807, 2.05) is 36.4 Å². The number of carbonyl (C=O) groups excluding carboxylic acids is 1. The lowest BCUT2D eigenvalue weighted by Crippen LogP contribution is -2.31. The summed E-state index contributed by atoms with van der Waals surface area (Å²) in [6.07, 6.45) is 3.59. The van der Waals surface area contributed by atoms with Crippen LogP contribution in [0.1, 0.15) is 42.0 Å². The van der Waals surface area contributed by atoms with E-state index in [1.54, 1.807) is 11.1 Å². The van der Waals surface area contributed by atoms with E-state index in [-0.39, 0.29) is 11.2 Å². The van der Waals surface area contributed by atoms with Gasteiger partial charge in [-0.1, -0.05) is 79.2 Å². The Hall–Kier alpha value is -2.40. The molecule has 1 aliphatic heterocycles. The van der Waals surface area contributed by atoms with E-state index >= 15 is 0 Å². The molecular weight excluding hydrogens is 354 g/mol. The normalized spacial score (nSPS) is 18.8. The van der Waals surface area contributed by atoms with Gasteiger partial charge in [0, 0.05) is 0 Å². The fourth-order valence-corrected chi connectivity index (χ4v) is 4.27. The van der Waals surface area contributed by atoms with Crippen LogP contribution >= 0.6 is 11.8 Å². The first-order chi connectivity index (χ1) is 13.1. The lowest BCUT2D eigenvalue weighted by atomic mass is 10.1. The van der Waals surface area contributed by atoms with Crippen molar-refractivity contribution in [3.05, 3.63) is 70.8 Å². The Labute approximate surface area is 165 Å². The van der Waals surface area contributed by atoms with Gasteiger partial charge in [0.2, 0.25) is 5.91 Å². The first kappa shape index (κ1) is 19.4. The highest BCUT2D eigenvalue weighted by atomic mass is 32.2. The van der Waals surface area contributed by atoms with Crippen LogP contribution in [0.15, 0.2) is 58.7 Å². The van der Waals surface area contributed by atoms with E-state index in [9.17, 15) is 4.79 Å². The maximum absolute atomic E-state index is 12.8. The second kappa shape index (κ2) is 9.00. The standard InChI is InChI=1S/C22H25N3OS/c1-4-8-20-21(26)25(15-18-9-6-5-7-10-18)22(27-20)24-23-14-19-12-11-16(2)13-17(19)3/h5-7,9-14,20H,4,8,15H2,1-3H3/b23-14+,24-22-. The molecule has 5 heteroatoms. The number of thioether (sulfide) groups is 1. The van der Waals surface area contributed by atoms with Crippen LogP contribution in [0.4, 0.5) is 0 Å².